The fourth-order valence-electron chi connectivity index (χ4n) is 2.53. The Morgan fingerprint density at radius 3 is 2.89 bits per heavy atom. The normalized spacial score (nSPS) is 22.8. The molecule has 1 saturated carbocycles. The lowest BCUT2D eigenvalue weighted by molar-refractivity contribution is 0.148. The zero-order valence-corrected chi connectivity index (χ0v) is 12.0. The van der Waals surface area contributed by atoms with Crippen LogP contribution in [-0.4, -0.2) is 21.4 Å². The van der Waals surface area contributed by atoms with Crippen molar-refractivity contribution in [1.29, 1.82) is 0 Å². The maximum Gasteiger partial charge on any atom is 0.232 e. The van der Waals surface area contributed by atoms with Gasteiger partial charge in [0, 0.05) is 10.9 Å². The van der Waals surface area contributed by atoms with Gasteiger partial charge in [-0.05, 0) is 30.9 Å². The molecule has 19 heavy (non-hydrogen) atoms. The van der Waals surface area contributed by atoms with Crippen LogP contribution in [0.2, 0.25) is 0 Å². The smallest absolute Gasteiger partial charge is 0.232 e. The Morgan fingerprint density at radius 2 is 2.16 bits per heavy atom. The molecule has 2 aromatic rings. The summed E-state index contributed by atoms with van der Waals surface area (Å²) in [6.07, 6.45) is 3.07. The average Bonchev–Trinajstić information content (AvgIpc) is 3.01. The second kappa shape index (κ2) is 5.43. The third-order valence-corrected chi connectivity index (χ3v) is 4.36. The van der Waals surface area contributed by atoms with E-state index in [-0.39, 0.29) is 12.0 Å². The zero-order chi connectivity index (χ0) is 13.2. The molecule has 0 bridgehead atoms. The van der Waals surface area contributed by atoms with Crippen LogP contribution in [0.15, 0.2) is 33.3 Å². The summed E-state index contributed by atoms with van der Waals surface area (Å²) in [5.41, 5.74) is 1.13. The molecule has 2 unspecified atom stereocenters. The Bertz CT molecular complexity index is 570. The molecule has 0 radical (unpaired) electrons. The van der Waals surface area contributed by atoms with Gasteiger partial charge in [0.25, 0.3) is 0 Å². The number of benzene rings is 1. The lowest BCUT2D eigenvalue weighted by atomic mass is 10.1. The van der Waals surface area contributed by atoms with Crippen LogP contribution in [-0.2, 0) is 6.42 Å². The van der Waals surface area contributed by atoms with Crippen LogP contribution in [0.1, 0.15) is 42.5 Å². The monoisotopic (exact) mass is 322 g/mol. The van der Waals surface area contributed by atoms with Gasteiger partial charge in [-0.2, -0.15) is 4.98 Å². The van der Waals surface area contributed by atoms with E-state index in [0.29, 0.717) is 18.1 Å². The van der Waals surface area contributed by atoms with E-state index in [1.807, 2.05) is 24.3 Å². The predicted octanol–water partition coefficient (Wildman–Crippen LogP) is 3.05. The summed E-state index contributed by atoms with van der Waals surface area (Å²) in [6.45, 7) is 0. The molecule has 1 aromatic carbocycles. The van der Waals surface area contributed by atoms with E-state index in [4.69, 9.17) is 4.52 Å². The topological polar surface area (TPSA) is 59.2 Å². The number of nitrogens with zero attached hydrogens (tertiary/aromatic N) is 2. The number of aliphatic hydroxyl groups excluding tert-OH is 1. The van der Waals surface area contributed by atoms with Gasteiger partial charge in [0.1, 0.15) is 0 Å². The minimum absolute atomic E-state index is 0.0143. The fourth-order valence-corrected chi connectivity index (χ4v) is 2.96. The number of aliphatic hydroxyl groups is 1. The molecule has 0 aliphatic heterocycles. The number of aromatic nitrogens is 2. The van der Waals surface area contributed by atoms with Crippen LogP contribution in [0.4, 0.5) is 0 Å². The Morgan fingerprint density at radius 1 is 1.32 bits per heavy atom. The van der Waals surface area contributed by atoms with Crippen molar-refractivity contribution < 1.29 is 9.63 Å². The molecule has 0 saturated heterocycles. The van der Waals surface area contributed by atoms with Crippen molar-refractivity contribution in [3.05, 3.63) is 46.0 Å². The standard InChI is InChI=1S/C14H15BrN2O2/c15-11-6-2-1-4-9(11)8-13-16-14(19-17-13)10-5-3-7-12(10)18/h1-2,4,6,10,12,18H,3,5,7-8H2. The Balaban J connectivity index is 1.77. The molecule has 1 heterocycles. The van der Waals surface area contributed by atoms with Crippen molar-refractivity contribution in [3.63, 3.8) is 0 Å². The van der Waals surface area contributed by atoms with Crippen molar-refractivity contribution >= 4 is 15.9 Å². The highest BCUT2D eigenvalue weighted by Gasteiger charge is 2.31. The third-order valence-electron chi connectivity index (χ3n) is 3.59. The molecule has 5 heteroatoms. The molecule has 100 valence electrons. The van der Waals surface area contributed by atoms with Gasteiger partial charge in [-0.1, -0.05) is 39.3 Å². The number of hydrogen-bond donors (Lipinski definition) is 1. The van der Waals surface area contributed by atoms with Crippen molar-refractivity contribution in [2.45, 2.75) is 37.7 Å². The van der Waals surface area contributed by atoms with Gasteiger partial charge < -0.3 is 9.63 Å². The lowest BCUT2D eigenvalue weighted by Crippen LogP contribution is -2.11. The van der Waals surface area contributed by atoms with E-state index in [1.54, 1.807) is 0 Å². The summed E-state index contributed by atoms with van der Waals surface area (Å²) in [5, 5.41) is 13.9. The minimum Gasteiger partial charge on any atom is -0.392 e. The maximum atomic E-state index is 9.85. The number of halogens is 1. The molecule has 4 nitrogen and oxygen atoms in total. The largest absolute Gasteiger partial charge is 0.392 e. The maximum absolute atomic E-state index is 9.85. The highest BCUT2D eigenvalue weighted by molar-refractivity contribution is 9.10. The van der Waals surface area contributed by atoms with E-state index >= 15 is 0 Å². The first-order chi connectivity index (χ1) is 9.24. The summed E-state index contributed by atoms with van der Waals surface area (Å²) in [6, 6.07) is 7.99. The first kappa shape index (κ1) is 12.8. The van der Waals surface area contributed by atoms with Crippen LogP contribution >= 0.6 is 15.9 Å². The summed E-state index contributed by atoms with van der Waals surface area (Å²) in [5.74, 6) is 1.26. The Kier molecular flexibility index (Phi) is 3.66. The van der Waals surface area contributed by atoms with Crippen LogP contribution in [0.25, 0.3) is 0 Å². The average molecular weight is 323 g/mol. The van der Waals surface area contributed by atoms with Gasteiger partial charge in [-0.15, -0.1) is 0 Å². The highest BCUT2D eigenvalue weighted by atomic mass is 79.9. The first-order valence-corrected chi connectivity index (χ1v) is 7.27. The van der Waals surface area contributed by atoms with Gasteiger partial charge in [-0.3, -0.25) is 0 Å². The van der Waals surface area contributed by atoms with E-state index in [9.17, 15) is 5.11 Å². The summed E-state index contributed by atoms with van der Waals surface area (Å²) in [4.78, 5) is 4.42. The quantitative estimate of drug-likeness (QED) is 0.943. The first-order valence-electron chi connectivity index (χ1n) is 6.48. The third kappa shape index (κ3) is 2.72. The Hall–Kier alpha value is -1.20. The van der Waals surface area contributed by atoms with Crippen LogP contribution in [0.3, 0.4) is 0 Å². The fraction of sp³-hybridized carbons (Fsp3) is 0.429. The molecule has 0 amide bonds. The van der Waals surface area contributed by atoms with E-state index < -0.39 is 0 Å². The van der Waals surface area contributed by atoms with Crippen molar-refractivity contribution in [2.75, 3.05) is 0 Å². The van der Waals surface area contributed by atoms with Crippen molar-refractivity contribution in [3.8, 4) is 0 Å². The van der Waals surface area contributed by atoms with Gasteiger partial charge in [0.05, 0.1) is 12.0 Å². The van der Waals surface area contributed by atoms with E-state index in [2.05, 4.69) is 26.1 Å². The molecule has 1 aromatic heterocycles. The van der Waals surface area contributed by atoms with Gasteiger partial charge >= 0.3 is 0 Å². The molecule has 1 aliphatic rings. The highest BCUT2D eigenvalue weighted by Crippen LogP contribution is 2.33. The molecular weight excluding hydrogens is 308 g/mol. The number of hydrogen-bond acceptors (Lipinski definition) is 4. The number of rotatable bonds is 3. The summed E-state index contributed by atoms with van der Waals surface area (Å²) in [7, 11) is 0. The van der Waals surface area contributed by atoms with Gasteiger partial charge in [0.2, 0.25) is 5.89 Å². The predicted molar refractivity (Wildman–Crippen MR) is 73.8 cm³/mol. The van der Waals surface area contributed by atoms with Crippen LogP contribution < -0.4 is 0 Å². The molecular formula is C14H15BrN2O2. The Labute approximate surface area is 120 Å². The second-order valence-corrected chi connectivity index (χ2v) is 5.78. The van der Waals surface area contributed by atoms with Gasteiger partial charge in [-0.25, -0.2) is 0 Å². The van der Waals surface area contributed by atoms with Crippen molar-refractivity contribution in [2.24, 2.45) is 0 Å². The van der Waals surface area contributed by atoms with Gasteiger partial charge in [0.15, 0.2) is 5.82 Å². The molecule has 0 spiro atoms. The lowest BCUT2D eigenvalue weighted by Gasteiger charge is -2.07. The molecule has 1 N–H and O–H groups in total. The zero-order valence-electron chi connectivity index (χ0n) is 10.4. The molecule has 1 aliphatic carbocycles. The molecule has 2 atom stereocenters. The van der Waals surface area contributed by atoms with E-state index in [1.165, 1.54) is 0 Å². The summed E-state index contributed by atoms with van der Waals surface area (Å²) < 4.78 is 6.34. The van der Waals surface area contributed by atoms with Crippen molar-refractivity contribution in [1.82, 2.24) is 10.1 Å². The summed E-state index contributed by atoms with van der Waals surface area (Å²) >= 11 is 3.51. The molecule has 3 rings (SSSR count). The van der Waals surface area contributed by atoms with Crippen LogP contribution in [0, 0.1) is 0 Å². The molecule has 1 fully saturated rings. The minimum atomic E-state index is -0.336. The van der Waals surface area contributed by atoms with Crippen LogP contribution in [0.5, 0.6) is 0 Å². The second-order valence-electron chi connectivity index (χ2n) is 4.92. The van der Waals surface area contributed by atoms with E-state index in [0.717, 1.165) is 29.3 Å². The SMILES string of the molecule is OC1CCCC1c1nc(Cc2ccccc2Br)no1.